The van der Waals surface area contributed by atoms with E-state index < -0.39 is 0 Å². The molecule has 0 aliphatic carbocycles. The van der Waals surface area contributed by atoms with Gasteiger partial charge in [-0.1, -0.05) is 6.08 Å². The molecular weight excluding hydrogens is 192 g/mol. The topological polar surface area (TPSA) is 25.2 Å². The van der Waals surface area contributed by atoms with Crippen LogP contribution in [0.2, 0.25) is 0 Å². The van der Waals surface area contributed by atoms with E-state index in [2.05, 4.69) is 22.1 Å². The van der Waals surface area contributed by atoms with Crippen molar-refractivity contribution in [2.45, 2.75) is 0 Å². The van der Waals surface area contributed by atoms with Crippen LogP contribution in [0.25, 0.3) is 6.08 Å². The molecule has 2 aliphatic heterocycles. The summed E-state index contributed by atoms with van der Waals surface area (Å²) in [7, 11) is 0. The monoisotopic (exact) mass is 200 g/mol. The maximum atomic E-state index is 4.41. The standard InChI is InChI=1S/C11H8N2S/c1-2-9-10(12-4-1)6-8-3-5-14-11(8)7-13-9/h1-4,6-7H,5H2. The molecule has 0 bridgehead atoms. The maximum Gasteiger partial charge on any atom is 0.0892 e. The first-order chi connectivity index (χ1) is 6.93. The molecule has 2 nitrogen and oxygen atoms in total. The molecule has 3 rings (SSSR count). The van der Waals surface area contributed by atoms with Crippen molar-refractivity contribution in [3.8, 4) is 0 Å². The summed E-state index contributed by atoms with van der Waals surface area (Å²) in [6, 6.07) is 3.90. The van der Waals surface area contributed by atoms with Gasteiger partial charge in [0.15, 0.2) is 0 Å². The molecule has 0 saturated carbocycles. The number of nitrogens with zero attached hydrogens (tertiary/aromatic N) is 2. The summed E-state index contributed by atoms with van der Waals surface area (Å²) >= 11 is 1.83. The van der Waals surface area contributed by atoms with Crippen molar-refractivity contribution in [3.63, 3.8) is 0 Å². The summed E-state index contributed by atoms with van der Waals surface area (Å²) in [6.07, 6.45) is 8.07. The molecule has 0 atom stereocenters. The van der Waals surface area contributed by atoms with Gasteiger partial charge in [0.25, 0.3) is 0 Å². The molecule has 0 fully saturated rings. The van der Waals surface area contributed by atoms with Gasteiger partial charge in [-0.25, -0.2) is 0 Å². The van der Waals surface area contributed by atoms with E-state index >= 15 is 0 Å². The van der Waals surface area contributed by atoms with Crippen LogP contribution in [0.1, 0.15) is 0 Å². The van der Waals surface area contributed by atoms with E-state index in [1.807, 2.05) is 30.1 Å². The van der Waals surface area contributed by atoms with Crippen LogP contribution in [0, 0.1) is 0 Å². The highest BCUT2D eigenvalue weighted by Crippen LogP contribution is 2.32. The lowest BCUT2D eigenvalue weighted by Crippen LogP contribution is -2.26. The van der Waals surface area contributed by atoms with E-state index in [0.29, 0.717) is 0 Å². The molecule has 0 N–H and O–H groups in total. The molecule has 2 aliphatic rings. The van der Waals surface area contributed by atoms with E-state index in [1.165, 1.54) is 10.5 Å². The molecule has 0 aromatic carbocycles. The molecule has 0 unspecified atom stereocenters. The highest BCUT2D eigenvalue weighted by atomic mass is 32.2. The SMILES string of the molecule is C1=C2C=c3ncccc3=NC=C2SC1. The molecule has 3 heteroatoms. The summed E-state index contributed by atoms with van der Waals surface area (Å²) in [5.41, 5.74) is 1.26. The summed E-state index contributed by atoms with van der Waals surface area (Å²) in [4.78, 5) is 9.97. The summed E-state index contributed by atoms with van der Waals surface area (Å²) in [6.45, 7) is 0. The largest absolute Gasteiger partial charge is 0.255 e. The quantitative estimate of drug-likeness (QED) is 0.624. The van der Waals surface area contributed by atoms with Gasteiger partial charge in [0.1, 0.15) is 0 Å². The van der Waals surface area contributed by atoms with Crippen molar-refractivity contribution in [1.29, 1.82) is 0 Å². The number of rotatable bonds is 0. The van der Waals surface area contributed by atoms with Gasteiger partial charge in [-0.2, -0.15) is 0 Å². The molecule has 3 heterocycles. The predicted molar refractivity (Wildman–Crippen MR) is 58.1 cm³/mol. The number of hydrogen-bond donors (Lipinski definition) is 0. The zero-order valence-electron chi connectivity index (χ0n) is 7.47. The van der Waals surface area contributed by atoms with Crippen LogP contribution < -0.4 is 10.7 Å². The first-order valence-corrected chi connectivity index (χ1v) is 5.46. The molecule has 1 aromatic heterocycles. The highest BCUT2D eigenvalue weighted by Gasteiger charge is 2.11. The lowest BCUT2D eigenvalue weighted by Gasteiger charge is -1.92. The maximum absolute atomic E-state index is 4.41. The Morgan fingerprint density at radius 2 is 2.36 bits per heavy atom. The van der Waals surface area contributed by atoms with Crippen LogP contribution in [0.5, 0.6) is 0 Å². The highest BCUT2D eigenvalue weighted by molar-refractivity contribution is 8.03. The molecule has 14 heavy (non-hydrogen) atoms. The van der Waals surface area contributed by atoms with Crippen LogP contribution in [0.4, 0.5) is 0 Å². The van der Waals surface area contributed by atoms with E-state index in [-0.39, 0.29) is 0 Å². The lowest BCUT2D eigenvalue weighted by molar-refractivity contribution is 1.17. The minimum Gasteiger partial charge on any atom is -0.255 e. The predicted octanol–water partition coefficient (Wildman–Crippen LogP) is 1.01. The zero-order valence-corrected chi connectivity index (χ0v) is 8.29. The Hall–Kier alpha value is -1.35. The molecule has 0 saturated heterocycles. The van der Waals surface area contributed by atoms with Crippen molar-refractivity contribution in [1.82, 2.24) is 4.98 Å². The third kappa shape index (κ3) is 1.21. The normalized spacial score (nSPS) is 18.0. The minimum atomic E-state index is 0.955. The van der Waals surface area contributed by atoms with Crippen molar-refractivity contribution in [3.05, 3.63) is 51.8 Å². The first-order valence-electron chi connectivity index (χ1n) is 4.47. The summed E-state index contributed by atoms with van der Waals surface area (Å²) < 4.78 is 0. The fourth-order valence-electron chi connectivity index (χ4n) is 1.55. The first kappa shape index (κ1) is 8.00. The van der Waals surface area contributed by atoms with E-state index in [4.69, 9.17) is 0 Å². The smallest absolute Gasteiger partial charge is 0.0892 e. The van der Waals surface area contributed by atoms with Gasteiger partial charge in [0.2, 0.25) is 0 Å². The Morgan fingerprint density at radius 3 is 3.36 bits per heavy atom. The average Bonchev–Trinajstić information content (AvgIpc) is 2.58. The second-order valence-corrected chi connectivity index (χ2v) is 4.21. The Bertz CT molecular complexity index is 555. The number of pyridine rings is 1. The van der Waals surface area contributed by atoms with Crippen molar-refractivity contribution in [2.24, 2.45) is 4.99 Å². The van der Waals surface area contributed by atoms with Crippen molar-refractivity contribution in [2.75, 3.05) is 5.75 Å². The number of allylic oxidation sites excluding steroid dienone is 1. The molecule has 0 spiro atoms. The van der Waals surface area contributed by atoms with E-state index in [9.17, 15) is 0 Å². The molecule has 0 radical (unpaired) electrons. The minimum absolute atomic E-state index is 0.955. The summed E-state index contributed by atoms with van der Waals surface area (Å²) in [5.74, 6) is 1.05. The zero-order chi connectivity index (χ0) is 9.38. The van der Waals surface area contributed by atoms with Gasteiger partial charge in [0, 0.05) is 23.1 Å². The average molecular weight is 200 g/mol. The van der Waals surface area contributed by atoms with Gasteiger partial charge in [-0.3, -0.25) is 9.98 Å². The van der Waals surface area contributed by atoms with E-state index in [0.717, 1.165) is 16.5 Å². The van der Waals surface area contributed by atoms with Gasteiger partial charge >= 0.3 is 0 Å². The van der Waals surface area contributed by atoms with Crippen molar-refractivity contribution < 1.29 is 0 Å². The van der Waals surface area contributed by atoms with Crippen LogP contribution in [-0.4, -0.2) is 10.7 Å². The third-order valence-electron chi connectivity index (χ3n) is 2.26. The molecule has 0 amide bonds. The van der Waals surface area contributed by atoms with Crippen LogP contribution in [0.3, 0.4) is 0 Å². The van der Waals surface area contributed by atoms with E-state index in [1.54, 1.807) is 6.20 Å². The second-order valence-electron chi connectivity index (χ2n) is 3.15. The van der Waals surface area contributed by atoms with Crippen molar-refractivity contribution >= 4 is 17.8 Å². The second kappa shape index (κ2) is 3.10. The van der Waals surface area contributed by atoms with Gasteiger partial charge in [-0.15, -0.1) is 11.8 Å². The fourth-order valence-corrected chi connectivity index (χ4v) is 2.43. The van der Waals surface area contributed by atoms with Gasteiger partial charge in [0.05, 0.1) is 10.7 Å². The molecule has 1 aromatic rings. The number of aromatic nitrogens is 1. The number of fused-ring (bicyclic) bond motifs is 2. The molecule has 68 valence electrons. The van der Waals surface area contributed by atoms with Crippen LogP contribution in [-0.2, 0) is 0 Å². The fraction of sp³-hybridized carbons (Fsp3) is 0.0909. The third-order valence-corrected chi connectivity index (χ3v) is 3.24. The number of hydrogen-bond acceptors (Lipinski definition) is 3. The Labute approximate surface area is 85.8 Å². The Balaban J connectivity index is 2.35. The number of thioether (sulfide) groups is 1. The van der Waals surface area contributed by atoms with Gasteiger partial charge < -0.3 is 0 Å². The Kier molecular flexibility index (Phi) is 1.77. The lowest BCUT2D eigenvalue weighted by atomic mass is 10.2. The van der Waals surface area contributed by atoms with Gasteiger partial charge in [-0.05, 0) is 23.8 Å². The molecular formula is C11H8N2S. The Morgan fingerprint density at radius 1 is 1.36 bits per heavy atom. The van der Waals surface area contributed by atoms with Crippen LogP contribution >= 0.6 is 11.8 Å². The summed E-state index contributed by atoms with van der Waals surface area (Å²) in [5, 5.41) is 1.92. The van der Waals surface area contributed by atoms with Crippen LogP contribution in [0.15, 0.2) is 46.1 Å².